The topological polar surface area (TPSA) is 90.9 Å². The Kier molecular flexibility index (Phi) is 5.33. The number of rotatable bonds is 6. The minimum atomic E-state index is -0.619. The van der Waals surface area contributed by atoms with Gasteiger partial charge in [0.1, 0.15) is 0 Å². The second-order valence-corrected chi connectivity index (χ2v) is 5.55. The summed E-state index contributed by atoms with van der Waals surface area (Å²) in [5, 5.41) is 14.3. The molecule has 1 heterocycles. The Balaban J connectivity index is 1.57. The summed E-state index contributed by atoms with van der Waals surface area (Å²) < 4.78 is 5.23. The summed E-state index contributed by atoms with van der Waals surface area (Å²) in [5.41, 5.74) is -0.177. The molecule has 0 atom stereocenters. The number of aliphatic hydroxyl groups is 1. The van der Waals surface area contributed by atoms with Crippen LogP contribution in [0.4, 0.5) is 0 Å². The van der Waals surface area contributed by atoms with Crippen molar-refractivity contribution in [1.82, 2.24) is 15.5 Å². The van der Waals surface area contributed by atoms with Crippen molar-refractivity contribution in [3.05, 3.63) is 0 Å². The SMILES string of the molecule is O=C(NCCN1CCOCC1)C(=O)NCC1(CO)CC1. The molecule has 2 rings (SSSR count). The highest BCUT2D eigenvalue weighted by Gasteiger charge is 2.42. The summed E-state index contributed by atoms with van der Waals surface area (Å²) in [6.07, 6.45) is 1.81. The highest BCUT2D eigenvalue weighted by molar-refractivity contribution is 6.35. The van der Waals surface area contributed by atoms with Crippen molar-refractivity contribution in [2.75, 3.05) is 52.5 Å². The van der Waals surface area contributed by atoms with Gasteiger partial charge in [0, 0.05) is 38.1 Å². The van der Waals surface area contributed by atoms with E-state index in [1.807, 2.05) is 0 Å². The first-order valence-electron chi connectivity index (χ1n) is 7.12. The van der Waals surface area contributed by atoms with Crippen LogP contribution in [-0.2, 0) is 14.3 Å². The Labute approximate surface area is 118 Å². The number of amides is 2. The van der Waals surface area contributed by atoms with E-state index in [0.29, 0.717) is 13.1 Å². The summed E-state index contributed by atoms with van der Waals surface area (Å²) in [5.74, 6) is -1.22. The van der Waals surface area contributed by atoms with Gasteiger partial charge in [0.05, 0.1) is 19.8 Å². The van der Waals surface area contributed by atoms with E-state index in [2.05, 4.69) is 15.5 Å². The molecule has 2 aliphatic rings. The van der Waals surface area contributed by atoms with E-state index in [1.54, 1.807) is 0 Å². The van der Waals surface area contributed by atoms with Gasteiger partial charge in [-0.25, -0.2) is 0 Å². The molecule has 2 fully saturated rings. The first kappa shape index (κ1) is 15.2. The van der Waals surface area contributed by atoms with Crippen molar-refractivity contribution >= 4 is 11.8 Å². The maximum atomic E-state index is 11.6. The average Bonchev–Trinajstić information content (AvgIpc) is 3.26. The Morgan fingerprint density at radius 1 is 1.15 bits per heavy atom. The third-order valence-electron chi connectivity index (χ3n) is 3.94. The van der Waals surface area contributed by atoms with Crippen LogP contribution in [0.15, 0.2) is 0 Å². The third kappa shape index (κ3) is 4.43. The normalized spacial score (nSPS) is 21.2. The zero-order chi connectivity index (χ0) is 14.4. The number of morpholine rings is 1. The molecule has 0 radical (unpaired) electrons. The molecule has 0 aromatic rings. The lowest BCUT2D eigenvalue weighted by Gasteiger charge is -2.26. The fourth-order valence-corrected chi connectivity index (χ4v) is 2.15. The van der Waals surface area contributed by atoms with Crippen molar-refractivity contribution in [3.63, 3.8) is 0 Å². The summed E-state index contributed by atoms with van der Waals surface area (Å²) in [4.78, 5) is 25.3. The summed E-state index contributed by atoms with van der Waals surface area (Å²) in [6.45, 7) is 4.78. The van der Waals surface area contributed by atoms with Gasteiger partial charge in [-0.2, -0.15) is 0 Å². The molecule has 0 spiro atoms. The van der Waals surface area contributed by atoms with Crippen molar-refractivity contribution in [3.8, 4) is 0 Å². The van der Waals surface area contributed by atoms with E-state index < -0.39 is 11.8 Å². The van der Waals surface area contributed by atoms with E-state index in [0.717, 1.165) is 45.7 Å². The molecule has 2 amide bonds. The third-order valence-corrected chi connectivity index (χ3v) is 3.94. The number of carbonyl (C=O) groups is 2. The monoisotopic (exact) mass is 285 g/mol. The number of ether oxygens (including phenoxy) is 1. The highest BCUT2D eigenvalue weighted by Crippen LogP contribution is 2.44. The maximum absolute atomic E-state index is 11.6. The lowest BCUT2D eigenvalue weighted by atomic mass is 10.1. The quantitative estimate of drug-likeness (QED) is 0.507. The van der Waals surface area contributed by atoms with Crippen molar-refractivity contribution in [1.29, 1.82) is 0 Å². The molecule has 114 valence electrons. The largest absolute Gasteiger partial charge is 0.396 e. The second kappa shape index (κ2) is 7.01. The molecule has 0 aromatic heterocycles. The average molecular weight is 285 g/mol. The minimum Gasteiger partial charge on any atom is -0.396 e. The predicted molar refractivity (Wildman–Crippen MR) is 72.0 cm³/mol. The van der Waals surface area contributed by atoms with Gasteiger partial charge in [0.2, 0.25) is 0 Å². The molecule has 1 aliphatic carbocycles. The first-order chi connectivity index (χ1) is 9.65. The van der Waals surface area contributed by atoms with Crippen molar-refractivity contribution in [2.45, 2.75) is 12.8 Å². The van der Waals surface area contributed by atoms with Crippen LogP contribution >= 0.6 is 0 Å². The number of hydrogen-bond donors (Lipinski definition) is 3. The smallest absolute Gasteiger partial charge is 0.309 e. The molecule has 1 saturated carbocycles. The highest BCUT2D eigenvalue weighted by atomic mass is 16.5. The van der Waals surface area contributed by atoms with Gasteiger partial charge in [0.25, 0.3) is 0 Å². The van der Waals surface area contributed by atoms with Gasteiger partial charge in [-0.1, -0.05) is 0 Å². The van der Waals surface area contributed by atoms with Gasteiger partial charge in [-0.05, 0) is 12.8 Å². The Hall–Kier alpha value is -1.18. The Morgan fingerprint density at radius 3 is 2.40 bits per heavy atom. The van der Waals surface area contributed by atoms with Crippen molar-refractivity contribution < 1.29 is 19.4 Å². The van der Waals surface area contributed by atoms with Gasteiger partial charge in [0.15, 0.2) is 0 Å². The zero-order valence-corrected chi connectivity index (χ0v) is 11.7. The van der Waals surface area contributed by atoms with E-state index in [4.69, 9.17) is 9.84 Å². The summed E-state index contributed by atoms with van der Waals surface area (Å²) in [6, 6.07) is 0. The number of nitrogens with zero attached hydrogens (tertiary/aromatic N) is 1. The van der Waals surface area contributed by atoms with Crippen LogP contribution in [-0.4, -0.2) is 74.4 Å². The van der Waals surface area contributed by atoms with Crippen LogP contribution in [0.25, 0.3) is 0 Å². The fraction of sp³-hybridized carbons (Fsp3) is 0.846. The van der Waals surface area contributed by atoms with Gasteiger partial charge < -0.3 is 20.5 Å². The summed E-state index contributed by atoms with van der Waals surface area (Å²) in [7, 11) is 0. The molecule has 0 aromatic carbocycles. The van der Waals surface area contributed by atoms with Gasteiger partial charge in [-0.3, -0.25) is 14.5 Å². The second-order valence-electron chi connectivity index (χ2n) is 5.55. The maximum Gasteiger partial charge on any atom is 0.309 e. The van der Waals surface area contributed by atoms with Crippen molar-refractivity contribution in [2.24, 2.45) is 5.41 Å². The first-order valence-corrected chi connectivity index (χ1v) is 7.12. The summed E-state index contributed by atoms with van der Waals surface area (Å²) >= 11 is 0. The Morgan fingerprint density at radius 2 is 1.80 bits per heavy atom. The lowest BCUT2D eigenvalue weighted by molar-refractivity contribution is -0.139. The Bertz CT molecular complexity index is 352. The van der Waals surface area contributed by atoms with Crippen LogP contribution < -0.4 is 10.6 Å². The predicted octanol–water partition coefficient (Wildman–Crippen LogP) is -1.68. The van der Waals surface area contributed by atoms with Gasteiger partial charge in [-0.15, -0.1) is 0 Å². The number of carbonyl (C=O) groups excluding carboxylic acids is 2. The van der Waals surface area contributed by atoms with Crippen LogP contribution in [0, 0.1) is 5.41 Å². The molecule has 20 heavy (non-hydrogen) atoms. The van der Waals surface area contributed by atoms with E-state index in [1.165, 1.54) is 0 Å². The molecule has 0 unspecified atom stereocenters. The number of aliphatic hydroxyl groups excluding tert-OH is 1. The molecule has 1 aliphatic heterocycles. The molecule has 1 saturated heterocycles. The number of hydrogen-bond acceptors (Lipinski definition) is 5. The van der Waals surface area contributed by atoms with E-state index >= 15 is 0 Å². The standard InChI is InChI=1S/C13H23N3O4/c17-10-13(1-2-13)9-15-12(19)11(18)14-3-4-16-5-7-20-8-6-16/h17H,1-10H2,(H,14,18)(H,15,19). The molecule has 7 heteroatoms. The fourth-order valence-electron chi connectivity index (χ4n) is 2.15. The van der Waals surface area contributed by atoms with Crippen LogP contribution in [0.3, 0.4) is 0 Å². The lowest BCUT2D eigenvalue weighted by Crippen LogP contribution is -2.46. The molecular weight excluding hydrogens is 262 g/mol. The number of nitrogens with one attached hydrogen (secondary N) is 2. The molecular formula is C13H23N3O4. The van der Waals surface area contributed by atoms with Crippen LogP contribution in [0.1, 0.15) is 12.8 Å². The van der Waals surface area contributed by atoms with E-state index in [9.17, 15) is 9.59 Å². The zero-order valence-electron chi connectivity index (χ0n) is 11.7. The molecule has 3 N–H and O–H groups in total. The van der Waals surface area contributed by atoms with Crippen LogP contribution in [0.2, 0.25) is 0 Å². The molecule has 7 nitrogen and oxygen atoms in total. The molecule has 0 bridgehead atoms. The minimum absolute atomic E-state index is 0.0614. The van der Waals surface area contributed by atoms with Gasteiger partial charge >= 0.3 is 11.8 Å². The van der Waals surface area contributed by atoms with Crippen LogP contribution in [0.5, 0.6) is 0 Å². The van der Waals surface area contributed by atoms with E-state index in [-0.39, 0.29) is 12.0 Å².